The van der Waals surface area contributed by atoms with Crippen LogP contribution in [0.2, 0.25) is 0 Å². The van der Waals surface area contributed by atoms with Gasteiger partial charge >= 0.3 is 21.7 Å². The average Bonchev–Trinajstić information content (AvgIpc) is 2.56. The highest BCUT2D eigenvalue weighted by atomic mass is 32.2. The van der Waals surface area contributed by atoms with Gasteiger partial charge in [0.25, 0.3) is 0 Å². The fourth-order valence-electron chi connectivity index (χ4n) is 3.56. The second-order valence-corrected chi connectivity index (χ2v) is 10.6. The third-order valence-electron chi connectivity index (χ3n) is 4.91. The molecule has 30 heavy (non-hydrogen) atoms. The summed E-state index contributed by atoms with van der Waals surface area (Å²) in [6.07, 6.45) is 2.84. The molecule has 8 nitrogen and oxygen atoms in total. The molecule has 0 aromatic carbocycles. The zero-order valence-electron chi connectivity index (χ0n) is 16.9. The van der Waals surface area contributed by atoms with E-state index in [0.717, 1.165) is 18.2 Å². The van der Waals surface area contributed by atoms with Gasteiger partial charge in [-0.05, 0) is 39.9 Å². The molecule has 1 saturated carbocycles. The minimum Gasteiger partial charge on any atom is -0.444 e. The fourth-order valence-corrected chi connectivity index (χ4v) is 4.36. The number of alkyl halides is 3. The number of halogens is 3. The van der Waals surface area contributed by atoms with Crippen molar-refractivity contribution in [1.29, 1.82) is 0 Å². The first-order chi connectivity index (χ1) is 13.7. The van der Waals surface area contributed by atoms with Crippen LogP contribution in [-0.4, -0.2) is 53.3 Å². The number of carbonyl (C=O) groups excluding carboxylic acids is 1. The van der Waals surface area contributed by atoms with Gasteiger partial charge in [0, 0.05) is 17.5 Å². The zero-order valence-corrected chi connectivity index (χ0v) is 18.5. The number of amides is 1. The summed E-state index contributed by atoms with van der Waals surface area (Å²) in [7, 11) is -5.90. The number of hydrogen-bond acceptors (Lipinski definition) is 8. The van der Waals surface area contributed by atoms with E-state index >= 15 is 0 Å². The van der Waals surface area contributed by atoms with E-state index in [0.29, 0.717) is 12.8 Å². The summed E-state index contributed by atoms with van der Waals surface area (Å²) >= 11 is 1.02. The number of fused-ring (bicyclic) bond motifs is 2. The van der Waals surface area contributed by atoms with Crippen molar-refractivity contribution < 1.29 is 35.3 Å². The molecule has 0 bridgehead atoms. The second-order valence-electron chi connectivity index (χ2n) is 8.29. The summed E-state index contributed by atoms with van der Waals surface area (Å²) in [5.74, 6) is -0.620. The maximum Gasteiger partial charge on any atom is 0.534 e. The summed E-state index contributed by atoms with van der Waals surface area (Å²) < 4.78 is 72.0. The van der Waals surface area contributed by atoms with Gasteiger partial charge in [-0.2, -0.15) is 26.6 Å². The van der Waals surface area contributed by atoms with Crippen molar-refractivity contribution in [3.05, 3.63) is 11.3 Å². The van der Waals surface area contributed by atoms with E-state index in [1.807, 2.05) is 0 Å². The molecule has 1 spiro atoms. The first-order valence-corrected chi connectivity index (χ1v) is 11.7. The van der Waals surface area contributed by atoms with E-state index in [9.17, 15) is 26.4 Å². The first-order valence-electron chi connectivity index (χ1n) is 9.11. The predicted molar refractivity (Wildman–Crippen MR) is 102 cm³/mol. The van der Waals surface area contributed by atoms with Gasteiger partial charge in [0.2, 0.25) is 5.88 Å². The molecular formula is C17H22F3N3O5S2. The van der Waals surface area contributed by atoms with Gasteiger partial charge in [-0.3, -0.25) is 0 Å². The Morgan fingerprint density at radius 1 is 1.20 bits per heavy atom. The largest absolute Gasteiger partial charge is 0.534 e. The molecule has 1 aliphatic carbocycles. The van der Waals surface area contributed by atoms with Crippen LogP contribution in [0, 0.1) is 0 Å². The molecule has 1 aliphatic heterocycles. The lowest BCUT2D eigenvalue weighted by Gasteiger charge is -2.49. The second kappa shape index (κ2) is 7.43. The van der Waals surface area contributed by atoms with E-state index in [2.05, 4.69) is 14.2 Å². The minimum atomic E-state index is -5.90. The predicted octanol–water partition coefficient (Wildman–Crippen LogP) is 3.60. The Morgan fingerprint density at radius 3 is 2.30 bits per heavy atom. The monoisotopic (exact) mass is 469 g/mol. The number of nitrogens with zero attached hydrogens (tertiary/aromatic N) is 3. The molecule has 2 aliphatic rings. The maximum absolute atomic E-state index is 12.9. The number of rotatable bonds is 3. The van der Waals surface area contributed by atoms with Crippen LogP contribution in [-0.2, 0) is 26.8 Å². The summed E-state index contributed by atoms with van der Waals surface area (Å²) in [6, 6.07) is 0. The first kappa shape index (κ1) is 22.9. The van der Waals surface area contributed by atoms with E-state index in [4.69, 9.17) is 4.74 Å². The van der Waals surface area contributed by atoms with Crippen LogP contribution in [0.4, 0.5) is 18.0 Å². The van der Waals surface area contributed by atoms with Gasteiger partial charge in [0.1, 0.15) is 5.60 Å². The zero-order chi connectivity index (χ0) is 22.5. The summed E-state index contributed by atoms with van der Waals surface area (Å²) in [5, 5.41) is 0.0432. The molecule has 0 saturated heterocycles. The van der Waals surface area contributed by atoms with Crippen LogP contribution >= 0.6 is 11.8 Å². The van der Waals surface area contributed by atoms with Crippen molar-refractivity contribution in [3.8, 4) is 5.88 Å². The van der Waals surface area contributed by atoms with E-state index < -0.39 is 38.6 Å². The molecule has 1 amide bonds. The van der Waals surface area contributed by atoms with Gasteiger partial charge in [0.05, 0.1) is 12.2 Å². The van der Waals surface area contributed by atoms with Gasteiger partial charge in [-0.15, -0.1) is 0 Å². The van der Waals surface area contributed by atoms with Gasteiger partial charge in [-0.1, -0.05) is 18.2 Å². The Balaban J connectivity index is 2.07. The Labute approximate surface area is 176 Å². The highest BCUT2D eigenvalue weighted by Crippen LogP contribution is 2.51. The van der Waals surface area contributed by atoms with Crippen molar-refractivity contribution >= 4 is 28.0 Å². The molecule has 0 radical (unpaired) electrons. The molecule has 2 heterocycles. The van der Waals surface area contributed by atoms with E-state index in [1.54, 1.807) is 27.0 Å². The molecule has 0 unspecified atom stereocenters. The van der Waals surface area contributed by atoms with Crippen LogP contribution in [0.15, 0.2) is 5.16 Å². The van der Waals surface area contributed by atoms with Crippen molar-refractivity contribution in [3.63, 3.8) is 0 Å². The Bertz CT molecular complexity index is 957. The molecule has 0 N–H and O–H groups in total. The lowest BCUT2D eigenvalue weighted by Crippen LogP contribution is -2.53. The summed E-state index contributed by atoms with van der Waals surface area (Å²) in [5.41, 5.74) is -6.61. The third kappa shape index (κ3) is 4.32. The number of ether oxygens (including phenoxy) is 1. The fraction of sp³-hybridized carbons (Fsp3) is 0.706. The van der Waals surface area contributed by atoms with Crippen LogP contribution in [0.5, 0.6) is 5.88 Å². The van der Waals surface area contributed by atoms with Crippen LogP contribution in [0.1, 0.15) is 51.3 Å². The standard InChI is InChI=1S/C17H22F3N3O5S2/c1-15(2,3)27-14(24)23-8-10-11(16(9-23)6-5-7-16)12(22-13(21-10)29-4)28-30(25,26)17(18,19)20/h5-9H2,1-4H3. The Kier molecular flexibility index (Phi) is 5.68. The molecule has 1 aromatic heterocycles. The molecule has 1 aromatic rings. The smallest absolute Gasteiger partial charge is 0.444 e. The van der Waals surface area contributed by atoms with Crippen molar-refractivity contribution in [2.45, 2.75) is 68.3 Å². The summed E-state index contributed by atoms with van der Waals surface area (Å²) in [6.45, 7) is 5.28. The average molecular weight is 470 g/mol. The lowest BCUT2D eigenvalue weighted by molar-refractivity contribution is -0.0502. The number of hydrogen-bond donors (Lipinski definition) is 0. The van der Waals surface area contributed by atoms with E-state index in [-0.39, 0.29) is 29.5 Å². The molecule has 168 valence electrons. The van der Waals surface area contributed by atoms with E-state index in [1.165, 1.54) is 4.90 Å². The molecule has 0 atom stereocenters. The molecule has 1 fully saturated rings. The molecule has 13 heteroatoms. The topological polar surface area (TPSA) is 98.7 Å². The quantitative estimate of drug-likeness (QED) is 0.287. The molecule has 3 rings (SSSR count). The Morgan fingerprint density at radius 2 is 1.83 bits per heavy atom. The number of thioether (sulfide) groups is 1. The van der Waals surface area contributed by atoms with Gasteiger partial charge in [-0.25, -0.2) is 9.78 Å². The van der Waals surface area contributed by atoms with Crippen molar-refractivity contribution in [2.24, 2.45) is 0 Å². The molecular weight excluding hydrogens is 447 g/mol. The normalized spacial score (nSPS) is 18.6. The third-order valence-corrected chi connectivity index (χ3v) is 6.40. The maximum atomic E-state index is 12.9. The van der Waals surface area contributed by atoms with Crippen molar-refractivity contribution in [1.82, 2.24) is 14.9 Å². The Hall–Kier alpha value is -1.76. The lowest BCUT2D eigenvalue weighted by atomic mass is 9.62. The number of carbonyl (C=O) groups is 1. The summed E-state index contributed by atoms with van der Waals surface area (Å²) in [4.78, 5) is 22.3. The van der Waals surface area contributed by atoms with Crippen LogP contribution in [0.25, 0.3) is 0 Å². The van der Waals surface area contributed by atoms with Gasteiger partial charge < -0.3 is 13.8 Å². The highest BCUT2D eigenvalue weighted by Gasteiger charge is 2.53. The van der Waals surface area contributed by atoms with Gasteiger partial charge in [0.15, 0.2) is 5.16 Å². The minimum absolute atomic E-state index is 0.0432. The van der Waals surface area contributed by atoms with Crippen molar-refractivity contribution in [2.75, 3.05) is 12.8 Å². The SMILES string of the molecule is CSc1nc2c(c(OS(=O)(=O)C(F)(F)F)n1)C1(CCC1)CN(C(=O)OC(C)(C)C)C2. The van der Waals surface area contributed by atoms with Crippen LogP contribution in [0.3, 0.4) is 0 Å². The number of aromatic nitrogens is 2. The highest BCUT2D eigenvalue weighted by molar-refractivity contribution is 7.98. The van der Waals surface area contributed by atoms with Crippen LogP contribution < -0.4 is 4.18 Å².